The molecule has 1 aliphatic carbocycles. The highest BCUT2D eigenvalue weighted by atomic mass is 35.5. The van der Waals surface area contributed by atoms with E-state index in [1.807, 2.05) is 6.92 Å². The van der Waals surface area contributed by atoms with Gasteiger partial charge in [0.05, 0.1) is 11.6 Å². The molecule has 2 rings (SSSR count). The first-order chi connectivity index (χ1) is 8.88. The van der Waals surface area contributed by atoms with Gasteiger partial charge in [0, 0.05) is 12.2 Å². The van der Waals surface area contributed by atoms with Crippen LogP contribution in [0.3, 0.4) is 0 Å². The second-order valence-electron chi connectivity index (χ2n) is 5.04. The van der Waals surface area contributed by atoms with Gasteiger partial charge in [-0.3, -0.25) is 0 Å². The zero-order chi connectivity index (χ0) is 14.0. The molecule has 2 unspecified atom stereocenters. The molecular weight excluding hydrogens is 277 g/mol. The zero-order valence-electron chi connectivity index (χ0n) is 10.6. The monoisotopic (exact) mass is 292 g/mol. The van der Waals surface area contributed by atoms with Crippen molar-refractivity contribution in [1.29, 1.82) is 0 Å². The number of nitrogens with one attached hydrogen (secondary N) is 1. The van der Waals surface area contributed by atoms with Crippen molar-refractivity contribution in [3.05, 3.63) is 23.0 Å². The molecular formula is C13H16ClF3N2. The molecule has 1 saturated carbocycles. The van der Waals surface area contributed by atoms with Crippen LogP contribution in [0.5, 0.6) is 0 Å². The lowest BCUT2D eigenvalue weighted by Gasteiger charge is -2.32. The van der Waals surface area contributed by atoms with Gasteiger partial charge in [0.1, 0.15) is 0 Å². The minimum Gasteiger partial charge on any atom is -0.380 e. The van der Waals surface area contributed by atoms with Crippen LogP contribution in [-0.2, 0) is 0 Å². The minimum atomic E-state index is -4.10. The average molecular weight is 293 g/mol. The summed E-state index contributed by atoms with van der Waals surface area (Å²) in [5, 5.41) is 3.44. The number of rotatable bonds is 2. The second-order valence-corrected chi connectivity index (χ2v) is 5.40. The molecule has 1 aromatic heterocycles. The van der Waals surface area contributed by atoms with Crippen molar-refractivity contribution in [2.45, 2.75) is 44.8 Å². The maximum absolute atomic E-state index is 12.7. The predicted octanol–water partition coefficient (Wildman–Crippen LogP) is 4.58. The number of nitrogens with zero attached hydrogens (tertiary/aromatic N) is 1. The molecule has 2 atom stereocenters. The summed E-state index contributed by atoms with van der Waals surface area (Å²) in [6, 6.07) is 1.60. The SMILES string of the molecule is Cc1ccnc(Cl)c1NC1CCCC(C(F)(F)F)C1. The summed E-state index contributed by atoms with van der Waals surface area (Å²) in [5.41, 5.74) is 1.55. The average Bonchev–Trinajstić information content (AvgIpc) is 2.33. The number of halogens is 4. The van der Waals surface area contributed by atoms with E-state index in [9.17, 15) is 13.2 Å². The molecule has 0 amide bonds. The Morgan fingerprint density at radius 1 is 1.37 bits per heavy atom. The molecule has 1 fully saturated rings. The summed E-state index contributed by atoms with van der Waals surface area (Å²) in [7, 11) is 0. The Kier molecular flexibility index (Phi) is 4.23. The largest absolute Gasteiger partial charge is 0.391 e. The van der Waals surface area contributed by atoms with Gasteiger partial charge in [0.15, 0.2) is 5.15 Å². The van der Waals surface area contributed by atoms with E-state index in [0.717, 1.165) is 12.0 Å². The lowest BCUT2D eigenvalue weighted by Crippen LogP contribution is -2.34. The van der Waals surface area contributed by atoms with Gasteiger partial charge in [-0.25, -0.2) is 4.98 Å². The first-order valence-corrected chi connectivity index (χ1v) is 6.70. The number of hydrogen-bond acceptors (Lipinski definition) is 2. The summed E-state index contributed by atoms with van der Waals surface area (Å²) in [6.07, 6.45) is -0.873. The van der Waals surface area contributed by atoms with Crippen molar-refractivity contribution in [1.82, 2.24) is 4.98 Å². The molecule has 0 spiro atoms. The fraction of sp³-hybridized carbons (Fsp3) is 0.615. The quantitative estimate of drug-likeness (QED) is 0.807. The van der Waals surface area contributed by atoms with Crippen molar-refractivity contribution in [3.8, 4) is 0 Å². The maximum atomic E-state index is 12.7. The number of hydrogen-bond donors (Lipinski definition) is 1. The third-order valence-corrected chi connectivity index (χ3v) is 3.89. The molecule has 1 N–H and O–H groups in total. The van der Waals surface area contributed by atoms with Gasteiger partial charge < -0.3 is 5.32 Å². The molecule has 2 nitrogen and oxygen atoms in total. The van der Waals surface area contributed by atoms with Gasteiger partial charge in [-0.1, -0.05) is 18.0 Å². The van der Waals surface area contributed by atoms with Crippen LogP contribution < -0.4 is 5.32 Å². The molecule has 19 heavy (non-hydrogen) atoms. The number of anilines is 1. The topological polar surface area (TPSA) is 24.9 Å². The van der Waals surface area contributed by atoms with Crippen LogP contribution in [0.2, 0.25) is 5.15 Å². The Balaban J connectivity index is 2.07. The Morgan fingerprint density at radius 2 is 2.11 bits per heavy atom. The van der Waals surface area contributed by atoms with Crippen molar-refractivity contribution in [3.63, 3.8) is 0 Å². The number of aromatic nitrogens is 1. The molecule has 1 heterocycles. The molecule has 1 aliphatic rings. The van der Waals surface area contributed by atoms with Crippen LogP contribution in [0.25, 0.3) is 0 Å². The molecule has 6 heteroatoms. The van der Waals surface area contributed by atoms with Gasteiger partial charge in [0.2, 0.25) is 0 Å². The van der Waals surface area contributed by atoms with Crippen LogP contribution in [0.4, 0.5) is 18.9 Å². The van der Waals surface area contributed by atoms with E-state index in [1.54, 1.807) is 12.3 Å². The normalized spacial score (nSPS) is 24.3. The second kappa shape index (κ2) is 5.57. The van der Waals surface area contributed by atoms with E-state index in [0.29, 0.717) is 17.3 Å². The van der Waals surface area contributed by atoms with Crippen molar-refractivity contribution < 1.29 is 13.2 Å². The van der Waals surface area contributed by atoms with Crippen LogP contribution in [0.1, 0.15) is 31.2 Å². The van der Waals surface area contributed by atoms with Crippen LogP contribution in [0.15, 0.2) is 12.3 Å². The highest BCUT2D eigenvalue weighted by Crippen LogP contribution is 2.39. The van der Waals surface area contributed by atoms with Gasteiger partial charge in [-0.2, -0.15) is 13.2 Å². The summed E-state index contributed by atoms with van der Waals surface area (Å²) in [6.45, 7) is 1.86. The third-order valence-electron chi connectivity index (χ3n) is 3.60. The highest BCUT2D eigenvalue weighted by Gasteiger charge is 2.42. The van der Waals surface area contributed by atoms with Gasteiger partial charge in [-0.05, 0) is 37.8 Å². The van der Waals surface area contributed by atoms with Gasteiger partial charge >= 0.3 is 6.18 Å². The fourth-order valence-corrected chi connectivity index (χ4v) is 2.78. The van der Waals surface area contributed by atoms with Crippen molar-refractivity contribution in [2.75, 3.05) is 5.32 Å². The van der Waals surface area contributed by atoms with Crippen LogP contribution in [0, 0.1) is 12.8 Å². The highest BCUT2D eigenvalue weighted by molar-refractivity contribution is 6.32. The molecule has 0 aromatic carbocycles. The first kappa shape index (κ1) is 14.4. The summed E-state index contributed by atoms with van der Waals surface area (Å²) in [5.74, 6) is -1.21. The Hall–Kier alpha value is -0.970. The third kappa shape index (κ3) is 3.53. The summed E-state index contributed by atoms with van der Waals surface area (Å²) < 4.78 is 38.2. The molecule has 0 bridgehead atoms. The number of alkyl halides is 3. The van der Waals surface area contributed by atoms with E-state index < -0.39 is 12.1 Å². The molecule has 1 aromatic rings. The van der Waals surface area contributed by atoms with E-state index >= 15 is 0 Å². The zero-order valence-corrected chi connectivity index (χ0v) is 11.4. The summed E-state index contributed by atoms with van der Waals surface area (Å²) in [4.78, 5) is 3.95. The van der Waals surface area contributed by atoms with E-state index in [-0.39, 0.29) is 18.9 Å². The standard InChI is InChI=1S/C13H16ClF3N2/c1-8-5-6-18-12(14)11(8)19-10-4-2-3-9(7-10)13(15,16)17/h5-6,9-10,19H,2-4,7H2,1H3. The van der Waals surface area contributed by atoms with E-state index in [4.69, 9.17) is 11.6 Å². The van der Waals surface area contributed by atoms with Crippen molar-refractivity contribution >= 4 is 17.3 Å². The lowest BCUT2D eigenvalue weighted by atomic mass is 9.85. The molecule has 0 radical (unpaired) electrons. The fourth-order valence-electron chi connectivity index (χ4n) is 2.52. The van der Waals surface area contributed by atoms with E-state index in [1.165, 1.54) is 0 Å². The summed E-state index contributed by atoms with van der Waals surface area (Å²) >= 11 is 5.98. The molecule has 106 valence electrons. The van der Waals surface area contributed by atoms with E-state index in [2.05, 4.69) is 10.3 Å². The lowest BCUT2D eigenvalue weighted by molar-refractivity contribution is -0.182. The molecule has 0 aliphatic heterocycles. The predicted molar refractivity (Wildman–Crippen MR) is 69.4 cm³/mol. The van der Waals surface area contributed by atoms with Gasteiger partial charge in [-0.15, -0.1) is 0 Å². The minimum absolute atomic E-state index is 0.105. The van der Waals surface area contributed by atoms with Crippen LogP contribution >= 0.6 is 11.6 Å². The Bertz CT molecular complexity index is 428. The maximum Gasteiger partial charge on any atom is 0.391 e. The number of aryl methyl sites for hydroxylation is 1. The van der Waals surface area contributed by atoms with Gasteiger partial charge in [0.25, 0.3) is 0 Å². The Labute approximate surface area is 115 Å². The molecule has 0 saturated heterocycles. The first-order valence-electron chi connectivity index (χ1n) is 6.32. The Morgan fingerprint density at radius 3 is 2.74 bits per heavy atom. The van der Waals surface area contributed by atoms with Crippen molar-refractivity contribution in [2.24, 2.45) is 5.92 Å². The smallest absolute Gasteiger partial charge is 0.380 e. The number of pyridine rings is 1. The van der Waals surface area contributed by atoms with Crippen LogP contribution in [-0.4, -0.2) is 17.2 Å².